The van der Waals surface area contributed by atoms with Gasteiger partial charge in [-0.1, -0.05) is 13.8 Å². The molecule has 2 rings (SSSR count). The van der Waals surface area contributed by atoms with Gasteiger partial charge in [-0.05, 0) is 7.05 Å². The fraction of sp³-hybridized carbons (Fsp3) is 1.00. The van der Waals surface area contributed by atoms with Gasteiger partial charge in [0, 0.05) is 32.5 Å². The fourth-order valence-corrected chi connectivity index (χ4v) is 1.88. The normalized spacial score (nSPS) is 27.0. The SMILES string of the molecule is CC.CN1CCC2(CC1)NCCO2. The minimum atomic E-state index is 0.0620. The van der Waals surface area contributed by atoms with E-state index in [9.17, 15) is 0 Å². The summed E-state index contributed by atoms with van der Waals surface area (Å²) < 4.78 is 5.69. The third kappa shape index (κ3) is 2.66. The van der Waals surface area contributed by atoms with E-state index < -0.39 is 0 Å². The third-order valence-electron chi connectivity index (χ3n) is 2.72. The van der Waals surface area contributed by atoms with Crippen molar-refractivity contribution in [2.75, 3.05) is 33.3 Å². The molecule has 0 radical (unpaired) electrons. The fourth-order valence-electron chi connectivity index (χ4n) is 1.88. The highest BCUT2D eigenvalue weighted by atomic mass is 16.5. The van der Waals surface area contributed by atoms with Gasteiger partial charge in [0.05, 0.1) is 6.61 Å². The Kier molecular flexibility index (Phi) is 4.16. The maximum Gasteiger partial charge on any atom is 0.121 e. The van der Waals surface area contributed by atoms with Crippen LogP contribution < -0.4 is 5.32 Å². The molecule has 0 aromatic rings. The molecule has 78 valence electrons. The summed E-state index contributed by atoms with van der Waals surface area (Å²) >= 11 is 0. The molecule has 13 heavy (non-hydrogen) atoms. The summed E-state index contributed by atoms with van der Waals surface area (Å²) in [4.78, 5) is 2.36. The van der Waals surface area contributed by atoms with Crippen LogP contribution in [0.1, 0.15) is 26.7 Å². The van der Waals surface area contributed by atoms with Crippen molar-refractivity contribution in [3.63, 3.8) is 0 Å². The summed E-state index contributed by atoms with van der Waals surface area (Å²) in [6.07, 6.45) is 2.28. The number of nitrogens with one attached hydrogen (secondary N) is 1. The molecule has 0 atom stereocenters. The molecule has 0 unspecified atom stereocenters. The highest BCUT2D eigenvalue weighted by Crippen LogP contribution is 2.25. The van der Waals surface area contributed by atoms with Gasteiger partial charge in [-0.15, -0.1) is 0 Å². The summed E-state index contributed by atoms with van der Waals surface area (Å²) in [5.74, 6) is 0. The van der Waals surface area contributed by atoms with Crippen molar-refractivity contribution in [2.45, 2.75) is 32.4 Å². The van der Waals surface area contributed by atoms with Crippen molar-refractivity contribution in [3.8, 4) is 0 Å². The molecular weight excluding hydrogens is 164 g/mol. The van der Waals surface area contributed by atoms with Crippen molar-refractivity contribution < 1.29 is 4.74 Å². The lowest BCUT2D eigenvalue weighted by molar-refractivity contribution is -0.0523. The predicted molar refractivity (Wildman–Crippen MR) is 54.8 cm³/mol. The number of likely N-dealkylation sites (tertiary alicyclic amines) is 1. The molecular formula is C10H22N2O. The van der Waals surface area contributed by atoms with Gasteiger partial charge in [0.1, 0.15) is 5.72 Å². The molecule has 0 aliphatic carbocycles. The number of rotatable bonds is 0. The molecule has 2 saturated heterocycles. The van der Waals surface area contributed by atoms with E-state index in [-0.39, 0.29) is 5.72 Å². The molecule has 0 aromatic carbocycles. The van der Waals surface area contributed by atoms with E-state index in [0.29, 0.717) is 0 Å². The summed E-state index contributed by atoms with van der Waals surface area (Å²) in [6, 6.07) is 0. The van der Waals surface area contributed by atoms with Crippen molar-refractivity contribution in [3.05, 3.63) is 0 Å². The first kappa shape index (κ1) is 11.0. The minimum absolute atomic E-state index is 0.0620. The first-order valence-electron chi connectivity index (χ1n) is 5.38. The maximum absolute atomic E-state index is 5.69. The topological polar surface area (TPSA) is 24.5 Å². The van der Waals surface area contributed by atoms with E-state index in [0.717, 1.165) is 39.1 Å². The number of hydrogen-bond acceptors (Lipinski definition) is 3. The molecule has 2 aliphatic rings. The van der Waals surface area contributed by atoms with Gasteiger partial charge in [-0.2, -0.15) is 0 Å². The smallest absolute Gasteiger partial charge is 0.121 e. The monoisotopic (exact) mass is 186 g/mol. The lowest BCUT2D eigenvalue weighted by Gasteiger charge is -2.36. The van der Waals surface area contributed by atoms with Crippen molar-refractivity contribution >= 4 is 0 Å². The molecule has 2 heterocycles. The number of ether oxygens (including phenoxy) is 1. The zero-order chi connectivity index (χ0) is 9.73. The van der Waals surface area contributed by atoms with E-state index in [2.05, 4.69) is 17.3 Å². The van der Waals surface area contributed by atoms with Gasteiger partial charge in [0.2, 0.25) is 0 Å². The van der Waals surface area contributed by atoms with E-state index >= 15 is 0 Å². The van der Waals surface area contributed by atoms with Crippen LogP contribution in [0.25, 0.3) is 0 Å². The Labute approximate surface area is 81.4 Å². The molecule has 0 bridgehead atoms. The van der Waals surface area contributed by atoms with Crippen LogP contribution in [-0.2, 0) is 4.74 Å². The number of nitrogens with zero attached hydrogens (tertiary/aromatic N) is 1. The van der Waals surface area contributed by atoms with E-state index in [1.54, 1.807) is 0 Å². The molecule has 3 heteroatoms. The summed E-state index contributed by atoms with van der Waals surface area (Å²) in [5, 5.41) is 3.44. The Morgan fingerprint density at radius 3 is 2.31 bits per heavy atom. The van der Waals surface area contributed by atoms with E-state index in [1.165, 1.54) is 0 Å². The van der Waals surface area contributed by atoms with Crippen molar-refractivity contribution in [2.24, 2.45) is 0 Å². The van der Waals surface area contributed by atoms with Crippen LogP contribution in [0.4, 0.5) is 0 Å². The zero-order valence-electron chi connectivity index (χ0n) is 9.10. The predicted octanol–water partition coefficient (Wildman–Crippen LogP) is 1.05. The van der Waals surface area contributed by atoms with Crippen molar-refractivity contribution in [1.29, 1.82) is 0 Å². The molecule has 1 spiro atoms. The van der Waals surface area contributed by atoms with Gasteiger partial charge < -0.3 is 9.64 Å². The van der Waals surface area contributed by atoms with Crippen LogP contribution in [-0.4, -0.2) is 43.9 Å². The lowest BCUT2D eigenvalue weighted by atomic mass is 10.0. The van der Waals surface area contributed by atoms with E-state index in [1.807, 2.05) is 13.8 Å². The summed E-state index contributed by atoms with van der Waals surface area (Å²) in [5.41, 5.74) is 0.0620. The van der Waals surface area contributed by atoms with Crippen molar-refractivity contribution in [1.82, 2.24) is 10.2 Å². The van der Waals surface area contributed by atoms with E-state index in [4.69, 9.17) is 4.74 Å². The first-order chi connectivity index (χ1) is 6.31. The summed E-state index contributed by atoms with van der Waals surface area (Å²) in [7, 11) is 2.17. The average molecular weight is 186 g/mol. The lowest BCUT2D eigenvalue weighted by Crippen LogP contribution is -2.49. The van der Waals surface area contributed by atoms with Gasteiger partial charge in [0.15, 0.2) is 0 Å². The Balaban J connectivity index is 0.000000396. The van der Waals surface area contributed by atoms with Gasteiger partial charge in [-0.3, -0.25) is 5.32 Å². The molecule has 2 fully saturated rings. The highest BCUT2D eigenvalue weighted by Gasteiger charge is 2.36. The Bertz CT molecular complexity index is 134. The molecule has 3 nitrogen and oxygen atoms in total. The Morgan fingerprint density at radius 2 is 1.85 bits per heavy atom. The highest BCUT2D eigenvalue weighted by molar-refractivity contribution is 4.87. The number of hydrogen-bond donors (Lipinski definition) is 1. The van der Waals surface area contributed by atoms with Crippen LogP contribution in [0.2, 0.25) is 0 Å². The van der Waals surface area contributed by atoms with Crippen LogP contribution >= 0.6 is 0 Å². The second-order valence-electron chi connectivity index (χ2n) is 3.57. The molecule has 0 aromatic heterocycles. The van der Waals surface area contributed by atoms with Crippen LogP contribution in [0.15, 0.2) is 0 Å². The maximum atomic E-state index is 5.69. The van der Waals surface area contributed by atoms with Crippen LogP contribution in [0.5, 0.6) is 0 Å². The Morgan fingerprint density at radius 1 is 1.23 bits per heavy atom. The standard InChI is InChI=1S/C8H16N2O.C2H6/c1-10-5-2-8(3-6-10)9-4-7-11-8;1-2/h9H,2-7H2,1H3;1-2H3. The average Bonchev–Trinajstić information content (AvgIpc) is 2.63. The number of piperidine rings is 1. The van der Waals surface area contributed by atoms with Gasteiger partial charge in [0.25, 0.3) is 0 Å². The molecule has 1 N–H and O–H groups in total. The Hall–Kier alpha value is -0.120. The molecule has 2 aliphatic heterocycles. The largest absolute Gasteiger partial charge is 0.359 e. The second-order valence-corrected chi connectivity index (χ2v) is 3.57. The van der Waals surface area contributed by atoms with Crippen LogP contribution in [0.3, 0.4) is 0 Å². The second kappa shape index (κ2) is 4.94. The zero-order valence-corrected chi connectivity index (χ0v) is 9.10. The molecule has 0 saturated carbocycles. The quantitative estimate of drug-likeness (QED) is 0.612. The van der Waals surface area contributed by atoms with Gasteiger partial charge in [-0.25, -0.2) is 0 Å². The summed E-state index contributed by atoms with van der Waals surface area (Å²) in [6.45, 7) is 8.24. The first-order valence-corrected chi connectivity index (χ1v) is 5.38. The molecule has 0 amide bonds. The minimum Gasteiger partial charge on any atom is -0.359 e. The third-order valence-corrected chi connectivity index (χ3v) is 2.72. The van der Waals surface area contributed by atoms with Crippen LogP contribution in [0, 0.1) is 0 Å². The van der Waals surface area contributed by atoms with Gasteiger partial charge >= 0.3 is 0 Å².